The van der Waals surface area contributed by atoms with Crippen molar-refractivity contribution in [3.8, 4) is 11.3 Å². The highest BCUT2D eigenvalue weighted by Gasteiger charge is 2.23. The minimum atomic E-state index is 0.206. The van der Waals surface area contributed by atoms with Gasteiger partial charge in [-0.3, -0.25) is 4.79 Å². The number of carbonyl (C=O) groups is 1. The van der Waals surface area contributed by atoms with Gasteiger partial charge in [-0.05, 0) is 39.3 Å². The fourth-order valence-electron chi connectivity index (χ4n) is 3.54. The first kappa shape index (κ1) is 17.7. The Hall–Kier alpha value is -2.14. The summed E-state index contributed by atoms with van der Waals surface area (Å²) in [6, 6.07) is 9.97. The summed E-state index contributed by atoms with van der Waals surface area (Å²) < 4.78 is 5.91. The van der Waals surface area contributed by atoms with Gasteiger partial charge in [0.15, 0.2) is 11.7 Å². The first-order valence-corrected chi connectivity index (χ1v) is 9.11. The van der Waals surface area contributed by atoms with E-state index in [2.05, 4.69) is 10.3 Å². The topological polar surface area (TPSA) is 58.4 Å². The molecule has 3 rings (SSSR count). The van der Waals surface area contributed by atoms with Gasteiger partial charge in [-0.25, -0.2) is 4.98 Å². The number of oxazole rings is 1. The average Bonchev–Trinajstić information content (AvgIpc) is 3.02. The molecule has 1 aromatic heterocycles. The second-order valence-electron chi connectivity index (χ2n) is 6.79. The lowest BCUT2D eigenvalue weighted by molar-refractivity contribution is -0.133. The molecule has 2 heterocycles. The molecule has 0 saturated carbocycles. The summed E-state index contributed by atoms with van der Waals surface area (Å²) in [5.74, 6) is 2.22. The Morgan fingerprint density at radius 2 is 2.16 bits per heavy atom. The number of aryl methyl sites for hydroxylation is 2. The summed E-state index contributed by atoms with van der Waals surface area (Å²) in [6.07, 6.45) is 3.30. The van der Waals surface area contributed by atoms with Crippen molar-refractivity contribution in [1.29, 1.82) is 0 Å². The third-order valence-electron chi connectivity index (χ3n) is 4.79. The van der Waals surface area contributed by atoms with E-state index in [9.17, 15) is 4.79 Å². The Labute approximate surface area is 149 Å². The van der Waals surface area contributed by atoms with Gasteiger partial charge in [0, 0.05) is 31.5 Å². The number of rotatable bonds is 6. The molecule has 1 atom stereocenters. The fourth-order valence-corrected chi connectivity index (χ4v) is 3.54. The Balaban J connectivity index is 1.57. The van der Waals surface area contributed by atoms with Crippen LogP contribution in [0, 0.1) is 12.8 Å². The minimum Gasteiger partial charge on any atom is -0.440 e. The van der Waals surface area contributed by atoms with Crippen LogP contribution in [-0.4, -0.2) is 42.5 Å². The third-order valence-corrected chi connectivity index (χ3v) is 4.79. The molecule has 1 unspecified atom stereocenters. The number of nitrogens with zero attached hydrogens (tertiary/aromatic N) is 2. The van der Waals surface area contributed by atoms with E-state index in [0.717, 1.165) is 43.1 Å². The summed E-state index contributed by atoms with van der Waals surface area (Å²) in [7, 11) is 1.97. The minimum absolute atomic E-state index is 0.206. The third kappa shape index (κ3) is 4.48. The molecule has 1 N–H and O–H groups in total. The van der Waals surface area contributed by atoms with E-state index < -0.39 is 0 Å². The number of hydrogen-bond acceptors (Lipinski definition) is 4. The van der Waals surface area contributed by atoms with Gasteiger partial charge < -0.3 is 14.6 Å². The van der Waals surface area contributed by atoms with Gasteiger partial charge in [-0.15, -0.1) is 0 Å². The molecule has 0 radical (unpaired) electrons. The van der Waals surface area contributed by atoms with E-state index in [4.69, 9.17) is 4.42 Å². The van der Waals surface area contributed by atoms with Crippen LogP contribution in [0.3, 0.4) is 0 Å². The van der Waals surface area contributed by atoms with Gasteiger partial charge in [0.25, 0.3) is 0 Å². The quantitative estimate of drug-likeness (QED) is 0.877. The van der Waals surface area contributed by atoms with E-state index in [0.29, 0.717) is 24.7 Å². The lowest BCUT2D eigenvalue weighted by Gasteiger charge is -2.32. The van der Waals surface area contributed by atoms with Crippen molar-refractivity contribution in [2.75, 3.05) is 26.7 Å². The molecule has 2 aromatic rings. The number of benzene rings is 1. The summed E-state index contributed by atoms with van der Waals surface area (Å²) in [4.78, 5) is 19.0. The zero-order valence-corrected chi connectivity index (χ0v) is 15.1. The molecule has 5 heteroatoms. The van der Waals surface area contributed by atoms with Gasteiger partial charge in [0.2, 0.25) is 5.91 Å². The normalized spacial score (nSPS) is 17.7. The average molecular weight is 341 g/mol. The fraction of sp³-hybridized carbons (Fsp3) is 0.500. The number of nitrogens with one attached hydrogen (secondary N) is 1. The van der Waals surface area contributed by atoms with Crippen molar-refractivity contribution < 1.29 is 9.21 Å². The van der Waals surface area contributed by atoms with Crippen LogP contribution in [0.15, 0.2) is 34.7 Å². The predicted molar refractivity (Wildman–Crippen MR) is 98.2 cm³/mol. The number of hydrogen-bond donors (Lipinski definition) is 1. The number of amides is 1. The van der Waals surface area contributed by atoms with E-state index in [1.54, 1.807) is 0 Å². The van der Waals surface area contributed by atoms with Crippen LogP contribution in [0.5, 0.6) is 0 Å². The van der Waals surface area contributed by atoms with Crippen LogP contribution in [0.4, 0.5) is 0 Å². The van der Waals surface area contributed by atoms with Gasteiger partial charge in [0.1, 0.15) is 0 Å². The molecule has 1 aliphatic heterocycles. The highest BCUT2D eigenvalue weighted by Crippen LogP contribution is 2.25. The molecule has 0 bridgehead atoms. The van der Waals surface area contributed by atoms with E-state index in [1.165, 1.54) is 6.42 Å². The van der Waals surface area contributed by atoms with Crippen molar-refractivity contribution in [3.63, 3.8) is 0 Å². The molecule has 134 valence electrons. The van der Waals surface area contributed by atoms with Crippen LogP contribution < -0.4 is 5.32 Å². The molecule has 1 amide bonds. The van der Waals surface area contributed by atoms with Crippen LogP contribution in [0.1, 0.15) is 30.8 Å². The summed E-state index contributed by atoms with van der Waals surface area (Å²) >= 11 is 0. The smallest absolute Gasteiger partial charge is 0.223 e. The lowest BCUT2D eigenvalue weighted by Crippen LogP contribution is -2.42. The van der Waals surface area contributed by atoms with Crippen LogP contribution in [0.25, 0.3) is 11.3 Å². The molecule has 0 spiro atoms. The number of carbonyl (C=O) groups excluding carboxylic acids is 1. The van der Waals surface area contributed by atoms with E-state index in [-0.39, 0.29) is 5.91 Å². The maximum absolute atomic E-state index is 12.5. The van der Waals surface area contributed by atoms with Crippen LogP contribution in [-0.2, 0) is 11.2 Å². The first-order valence-electron chi connectivity index (χ1n) is 9.11. The monoisotopic (exact) mass is 341 g/mol. The molecule has 25 heavy (non-hydrogen) atoms. The highest BCUT2D eigenvalue weighted by atomic mass is 16.4. The maximum atomic E-state index is 12.5. The van der Waals surface area contributed by atoms with Gasteiger partial charge in [0.05, 0.1) is 5.69 Å². The number of piperidine rings is 1. The molecule has 1 aromatic carbocycles. The Morgan fingerprint density at radius 3 is 2.92 bits per heavy atom. The number of aromatic nitrogens is 1. The summed E-state index contributed by atoms with van der Waals surface area (Å²) in [5.41, 5.74) is 1.90. The first-order chi connectivity index (χ1) is 12.2. The van der Waals surface area contributed by atoms with Crippen molar-refractivity contribution in [3.05, 3.63) is 41.9 Å². The Kier molecular flexibility index (Phi) is 5.87. The SMILES string of the molecule is CNCC1CCCN(C(=O)CCc2nc(C)c(-c3ccccc3)o2)C1. The van der Waals surface area contributed by atoms with Crippen LogP contribution in [0.2, 0.25) is 0 Å². The van der Waals surface area contributed by atoms with Crippen molar-refractivity contribution in [1.82, 2.24) is 15.2 Å². The van der Waals surface area contributed by atoms with Crippen molar-refractivity contribution >= 4 is 5.91 Å². The molecular weight excluding hydrogens is 314 g/mol. The Bertz CT molecular complexity index is 694. The second kappa shape index (κ2) is 8.30. The van der Waals surface area contributed by atoms with Crippen molar-refractivity contribution in [2.24, 2.45) is 5.92 Å². The number of likely N-dealkylation sites (tertiary alicyclic amines) is 1. The van der Waals surface area contributed by atoms with E-state index in [1.807, 2.05) is 49.2 Å². The van der Waals surface area contributed by atoms with Crippen LogP contribution >= 0.6 is 0 Å². The molecule has 1 saturated heterocycles. The zero-order valence-electron chi connectivity index (χ0n) is 15.1. The lowest BCUT2D eigenvalue weighted by atomic mass is 9.97. The highest BCUT2D eigenvalue weighted by molar-refractivity contribution is 5.76. The van der Waals surface area contributed by atoms with E-state index >= 15 is 0 Å². The Morgan fingerprint density at radius 1 is 1.36 bits per heavy atom. The van der Waals surface area contributed by atoms with Gasteiger partial charge in [-0.2, -0.15) is 0 Å². The largest absolute Gasteiger partial charge is 0.440 e. The van der Waals surface area contributed by atoms with Crippen molar-refractivity contribution in [2.45, 2.75) is 32.6 Å². The summed E-state index contributed by atoms with van der Waals surface area (Å²) in [5, 5.41) is 3.22. The molecule has 0 aliphatic carbocycles. The maximum Gasteiger partial charge on any atom is 0.223 e. The molecule has 5 nitrogen and oxygen atoms in total. The second-order valence-corrected chi connectivity index (χ2v) is 6.79. The predicted octanol–water partition coefficient (Wildman–Crippen LogP) is 3.04. The standard InChI is InChI=1S/C20H27N3O2/c1-15-20(17-8-4-3-5-9-17)25-18(22-15)10-11-19(24)23-12-6-7-16(14-23)13-21-2/h3-5,8-9,16,21H,6-7,10-14H2,1-2H3. The van der Waals surface area contributed by atoms with Gasteiger partial charge in [-0.1, -0.05) is 30.3 Å². The zero-order chi connectivity index (χ0) is 17.6. The summed E-state index contributed by atoms with van der Waals surface area (Å²) in [6.45, 7) is 4.66. The molecular formula is C20H27N3O2. The molecule has 1 fully saturated rings. The molecule has 1 aliphatic rings. The van der Waals surface area contributed by atoms with Gasteiger partial charge >= 0.3 is 0 Å².